The van der Waals surface area contributed by atoms with Gasteiger partial charge in [0.05, 0.1) is 11.3 Å². The number of anilines is 1. The van der Waals surface area contributed by atoms with Crippen LogP contribution in [0.15, 0.2) is 78.9 Å². The molecule has 0 unspecified atom stereocenters. The first-order valence-electron chi connectivity index (χ1n) is 8.16. The highest BCUT2D eigenvalue weighted by Crippen LogP contribution is 2.28. The van der Waals surface area contributed by atoms with Gasteiger partial charge in [-0.1, -0.05) is 30.3 Å². The van der Waals surface area contributed by atoms with Crippen molar-refractivity contribution in [3.63, 3.8) is 0 Å². The van der Waals surface area contributed by atoms with Gasteiger partial charge in [0.25, 0.3) is 5.91 Å². The molecule has 5 nitrogen and oxygen atoms in total. The highest BCUT2D eigenvalue weighted by molar-refractivity contribution is 5.96. The molecule has 6 heteroatoms. The van der Waals surface area contributed by atoms with Crippen LogP contribution in [0.3, 0.4) is 0 Å². The van der Waals surface area contributed by atoms with Gasteiger partial charge < -0.3 is 14.8 Å². The Kier molecular flexibility index (Phi) is 5.79. The maximum absolute atomic E-state index is 12.9. The summed E-state index contributed by atoms with van der Waals surface area (Å²) in [6, 6.07) is 20.9. The first-order chi connectivity index (χ1) is 13.1. The fraction of sp³-hybridized carbons (Fsp3) is 0.0476. The quantitative estimate of drug-likeness (QED) is 0.657. The van der Waals surface area contributed by atoms with Gasteiger partial charge in [0.1, 0.15) is 11.6 Å². The Morgan fingerprint density at radius 3 is 2.26 bits per heavy atom. The molecule has 0 saturated heterocycles. The van der Waals surface area contributed by atoms with Crippen LogP contribution in [0, 0.1) is 5.82 Å². The molecule has 1 N–H and O–H groups in total. The van der Waals surface area contributed by atoms with Crippen LogP contribution in [0.1, 0.15) is 10.4 Å². The molecule has 3 aromatic rings. The minimum atomic E-state index is -0.709. The summed E-state index contributed by atoms with van der Waals surface area (Å²) in [5.74, 6) is -0.600. The third-order valence-corrected chi connectivity index (χ3v) is 3.55. The van der Waals surface area contributed by atoms with Gasteiger partial charge in [0, 0.05) is 0 Å². The van der Waals surface area contributed by atoms with E-state index in [-0.39, 0.29) is 5.56 Å². The third kappa shape index (κ3) is 5.15. The van der Waals surface area contributed by atoms with Crippen molar-refractivity contribution in [3.8, 4) is 11.5 Å². The van der Waals surface area contributed by atoms with E-state index in [0.29, 0.717) is 17.2 Å². The number of para-hydroxylation sites is 3. The van der Waals surface area contributed by atoms with Crippen molar-refractivity contribution in [3.05, 3.63) is 90.2 Å². The zero-order valence-electron chi connectivity index (χ0n) is 14.2. The van der Waals surface area contributed by atoms with E-state index < -0.39 is 24.3 Å². The molecule has 3 aromatic carbocycles. The molecule has 136 valence electrons. The number of carbonyl (C=O) groups is 2. The van der Waals surface area contributed by atoms with Crippen molar-refractivity contribution >= 4 is 17.6 Å². The summed E-state index contributed by atoms with van der Waals surface area (Å²) in [7, 11) is 0. The van der Waals surface area contributed by atoms with E-state index in [4.69, 9.17) is 9.47 Å². The van der Waals surface area contributed by atoms with E-state index in [0.717, 1.165) is 12.1 Å². The van der Waals surface area contributed by atoms with Crippen LogP contribution in [0.25, 0.3) is 0 Å². The summed E-state index contributed by atoms with van der Waals surface area (Å²) in [6.07, 6.45) is 0. The molecule has 0 spiro atoms. The normalized spacial score (nSPS) is 10.1. The molecular formula is C21H16FNO4. The average Bonchev–Trinajstić information content (AvgIpc) is 2.69. The van der Waals surface area contributed by atoms with Crippen LogP contribution in [0.4, 0.5) is 10.1 Å². The number of halogens is 1. The molecule has 3 rings (SSSR count). The molecule has 0 radical (unpaired) electrons. The highest BCUT2D eigenvalue weighted by atomic mass is 19.1. The molecule has 0 bridgehead atoms. The maximum Gasteiger partial charge on any atom is 0.338 e. The summed E-state index contributed by atoms with van der Waals surface area (Å²) in [4.78, 5) is 24.0. The standard InChI is InChI=1S/C21H16FNO4/c22-16-12-10-15(11-13-16)21(25)26-14-20(24)23-18-8-4-5-9-19(18)27-17-6-2-1-3-7-17/h1-13H,14H2,(H,23,24). The van der Waals surface area contributed by atoms with Gasteiger partial charge in [-0.2, -0.15) is 0 Å². The van der Waals surface area contributed by atoms with Gasteiger partial charge in [0.15, 0.2) is 12.4 Å². The van der Waals surface area contributed by atoms with Crippen LogP contribution >= 0.6 is 0 Å². The number of hydrogen-bond acceptors (Lipinski definition) is 4. The van der Waals surface area contributed by atoms with Gasteiger partial charge in [-0.3, -0.25) is 4.79 Å². The van der Waals surface area contributed by atoms with Crippen LogP contribution < -0.4 is 10.1 Å². The molecule has 27 heavy (non-hydrogen) atoms. The number of amides is 1. The van der Waals surface area contributed by atoms with Crippen molar-refractivity contribution in [2.45, 2.75) is 0 Å². The van der Waals surface area contributed by atoms with E-state index in [2.05, 4.69) is 5.32 Å². The summed E-state index contributed by atoms with van der Waals surface area (Å²) in [6.45, 7) is -0.476. The molecule has 0 aliphatic heterocycles. The summed E-state index contributed by atoms with van der Waals surface area (Å²) < 4.78 is 23.6. The van der Waals surface area contributed by atoms with Gasteiger partial charge >= 0.3 is 5.97 Å². The SMILES string of the molecule is O=C(COC(=O)c1ccc(F)cc1)Nc1ccccc1Oc1ccccc1. The summed E-state index contributed by atoms with van der Waals surface area (Å²) >= 11 is 0. The van der Waals surface area contributed by atoms with Crippen molar-refractivity contribution in [2.24, 2.45) is 0 Å². The van der Waals surface area contributed by atoms with Crippen molar-refractivity contribution in [2.75, 3.05) is 11.9 Å². The van der Waals surface area contributed by atoms with Crippen LogP contribution in [-0.4, -0.2) is 18.5 Å². The molecule has 0 aromatic heterocycles. The molecule has 0 saturated carbocycles. The second-order valence-electron chi connectivity index (χ2n) is 5.54. The topological polar surface area (TPSA) is 64.6 Å². The highest BCUT2D eigenvalue weighted by Gasteiger charge is 2.12. The fourth-order valence-corrected chi connectivity index (χ4v) is 2.26. The monoisotopic (exact) mass is 365 g/mol. The molecule has 0 aliphatic carbocycles. The van der Waals surface area contributed by atoms with Gasteiger partial charge in [0.2, 0.25) is 0 Å². The Balaban J connectivity index is 1.59. The number of benzene rings is 3. The van der Waals surface area contributed by atoms with Crippen LogP contribution in [-0.2, 0) is 9.53 Å². The Labute approximate surface area is 155 Å². The van der Waals surface area contributed by atoms with Crippen molar-refractivity contribution < 1.29 is 23.5 Å². The lowest BCUT2D eigenvalue weighted by molar-refractivity contribution is -0.119. The first kappa shape index (κ1) is 18.1. The second-order valence-corrected chi connectivity index (χ2v) is 5.54. The predicted octanol–water partition coefficient (Wildman–Crippen LogP) is 4.41. The van der Waals surface area contributed by atoms with Crippen molar-refractivity contribution in [1.82, 2.24) is 0 Å². The molecule has 0 heterocycles. The largest absolute Gasteiger partial charge is 0.455 e. The Morgan fingerprint density at radius 2 is 1.52 bits per heavy atom. The van der Waals surface area contributed by atoms with Gasteiger partial charge in [-0.15, -0.1) is 0 Å². The average molecular weight is 365 g/mol. The van der Waals surface area contributed by atoms with Gasteiger partial charge in [-0.25, -0.2) is 9.18 Å². The van der Waals surface area contributed by atoms with Crippen molar-refractivity contribution in [1.29, 1.82) is 0 Å². The number of carbonyl (C=O) groups excluding carboxylic acids is 2. The first-order valence-corrected chi connectivity index (χ1v) is 8.16. The zero-order valence-corrected chi connectivity index (χ0v) is 14.2. The number of rotatable bonds is 6. The second kappa shape index (κ2) is 8.62. The third-order valence-electron chi connectivity index (χ3n) is 3.55. The van der Waals surface area contributed by atoms with E-state index in [1.165, 1.54) is 12.1 Å². The number of esters is 1. The Bertz CT molecular complexity index is 926. The van der Waals surface area contributed by atoms with E-state index in [1.54, 1.807) is 36.4 Å². The number of nitrogens with one attached hydrogen (secondary N) is 1. The zero-order chi connectivity index (χ0) is 19.1. The predicted molar refractivity (Wildman–Crippen MR) is 98.3 cm³/mol. The van der Waals surface area contributed by atoms with E-state index in [9.17, 15) is 14.0 Å². The number of hydrogen-bond donors (Lipinski definition) is 1. The smallest absolute Gasteiger partial charge is 0.338 e. The minimum absolute atomic E-state index is 0.164. The molecule has 0 fully saturated rings. The van der Waals surface area contributed by atoms with Crippen LogP contribution in [0.5, 0.6) is 11.5 Å². The molecule has 1 amide bonds. The lowest BCUT2D eigenvalue weighted by Crippen LogP contribution is -2.21. The molecular weight excluding hydrogens is 349 g/mol. The Morgan fingerprint density at radius 1 is 0.852 bits per heavy atom. The molecule has 0 aliphatic rings. The number of ether oxygens (including phenoxy) is 2. The Hall–Kier alpha value is -3.67. The lowest BCUT2D eigenvalue weighted by atomic mass is 10.2. The van der Waals surface area contributed by atoms with E-state index in [1.807, 2.05) is 18.2 Å². The minimum Gasteiger partial charge on any atom is -0.455 e. The summed E-state index contributed by atoms with van der Waals surface area (Å²) in [5, 5.41) is 2.65. The van der Waals surface area contributed by atoms with Crippen LogP contribution in [0.2, 0.25) is 0 Å². The van der Waals surface area contributed by atoms with E-state index >= 15 is 0 Å². The molecule has 0 atom stereocenters. The van der Waals surface area contributed by atoms with Gasteiger partial charge in [-0.05, 0) is 48.5 Å². The fourth-order valence-electron chi connectivity index (χ4n) is 2.26. The maximum atomic E-state index is 12.9. The summed E-state index contributed by atoms with van der Waals surface area (Å²) in [5.41, 5.74) is 0.612. The lowest BCUT2D eigenvalue weighted by Gasteiger charge is -2.12.